The van der Waals surface area contributed by atoms with Crippen molar-refractivity contribution in [3.05, 3.63) is 58.7 Å². The van der Waals surface area contributed by atoms with Crippen LogP contribution in [0.15, 0.2) is 30.5 Å². The Labute approximate surface area is 161 Å². The highest BCUT2D eigenvalue weighted by molar-refractivity contribution is 6.26. The van der Waals surface area contributed by atoms with Gasteiger partial charge in [0.05, 0.1) is 17.1 Å². The normalized spacial score (nSPS) is 18.7. The first kappa shape index (κ1) is 18.7. The zero-order valence-electron chi connectivity index (χ0n) is 14.8. The maximum Gasteiger partial charge on any atom is 0.103 e. The summed E-state index contributed by atoms with van der Waals surface area (Å²) in [7, 11) is 0. The second kappa shape index (κ2) is 9.00. The fourth-order valence-electron chi connectivity index (χ4n) is 3.48. The predicted octanol–water partition coefficient (Wildman–Crippen LogP) is 6.74. The molecule has 0 spiro atoms. The van der Waals surface area contributed by atoms with Crippen LogP contribution in [0.25, 0.3) is 0 Å². The Morgan fingerprint density at radius 3 is 2.12 bits per heavy atom. The van der Waals surface area contributed by atoms with Gasteiger partial charge in [-0.1, -0.05) is 69.7 Å². The van der Waals surface area contributed by atoms with Gasteiger partial charge in [0.2, 0.25) is 0 Å². The maximum atomic E-state index is 6.69. The highest BCUT2D eigenvalue weighted by Crippen LogP contribution is 2.45. The zero-order chi connectivity index (χ0) is 17.6. The number of unbranched alkanes of at least 4 members (excludes halogenated alkanes) is 6. The first-order chi connectivity index (χ1) is 12.2. The molecule has 1 aliphatic rings. The number of hydrogen-bond donors (Lipinski definition) is 0. The lowest BCUT2D eigenvalue weighted by Crippen LogP contribution is -2.16. The van der Waals surface area contributed by atoms with Gasteiger partial charge in [0.25, 0.3) is 0 Å². The second-order valence-electron chi connectivity index (χ2n) is 6.86. The summed E-state index contributed by atoms with van der Waals surface area (Å²) >= 11 is 13.3. The van der Waals surface area contributed by atoms with E-state index in [1.54, 1.807) is 0 Å². The number of rotatable bonds is 8. The maximum absolute atomic E-state index is 6.69. The van der Waals surface area contributed by atoms with Gasteiger partial charge in [0.1, 0.15) is 10.8 Å². The Hall–Kier alpha value is -1.12. The zero-order valence-corrected chi connectivity index (χ0v) is 16.4. The van der Waals surface area contributed by atoms with Crippen LogP contribution in [0.2, 0.25) is 0 Å². The van der Waals surface area contributed by atoms with Gasteiger partial charge in [0, 0.05) is 6.20 Å². The number of hydrogen-bond acceptors (Lipinski definition) is 2. The molecule has 0 fully saturated rings. The van der Waals surface area contributed by atoms with Gasteiger partial charge >= 0.3 is 0 Å². The summed E-state index contributed by atoms with van der Waals surface area (Å²) in [4.78, 5) is 9.42. The number of aryl methyl sites for hydroxylation is 1. The van der Waals surface area contributed by atoms with Gasteiger partial charge in [-0.05, 0) is 24.0 Å². The standard InChI is InChI=1S/C21H26Cl2N2/c1-2-3-4-5-6-7-8-11-15-14-24-20-18(22)16-12-9-10-13-17(16)19(23)21(20)25-15/h9-10,12-14,18-19H,2-8,11H2,1H3. The minimum absolute atomic E-state index is 0.261. The Morgan fingerprint density at radius 1 is 0.840 bits per heavy atom. The Kier molecular flexibility index (Phi) is 6.72. The second-order valence-corrected chi connectivity index (χ2v) is 7.73. The van der Waals surface area contributed by atoms with Gasteiger partial charge in [0.15, 0.2) is 0 Å². The molecule has 1 heterocycles. The van der Waals surface area contributed by atoms with Crippen molar-refractivity contribution in [2.75, 3.05) is 0 Å². The van der Waals surface area contributed by atoms with Crippen molar-refractivity contribution in [2.24, 2.45) is 0 Å². The van der Waals surface area contributed by atoms with Gasteiger partial charge in [-0.25, -0.2) is 0 Å². The Balaban J connectivity index is 1.62. The molecule has 0 radical (unpaired) electrons. The molecule has 1 aromatic heterocycles. The predicted molar refractivity (Wildman–Crippen MR) is 106 cm³/mol. The largest absolute Gasteiger partial charge is 0.255 e. The molecule has 0 saturated carbocycles. The Morgan fingerprint density at radius 2 is 1.44 bits per heavy atom. The van der Waals surface area contributed by atoms with Crippen molar-refractivity contribution in [1.82, 2.24) is 9.97 Å². The van der Waals surface area contributed by atoms with E-state index < -0.39 is 0 Å². The molecule has 1 aliphatic carbocycles. The van der Waals surface area contributed by atoms with Crippen LogP contribution < -0.4 is 0 Å². The van der Waals surface area contributed by atoms with E-state index >= 15 is 0 Å². The molecule has 0 N–H and O–H groups in total. The first-order valence-electron chi connectivity index (χ1n) is 9.45. The lowest BCUT2D eigenvalue weighted by molar-refractivity contribution is 0.586. The van der Waals surface area contributed by atoms with Gasteiger partial charge in [-0.15, -0.1) is 23.2 Å². The smallest absolute Gasteiger partial charge is 0.103 e. The summed E-state index contributed by atoms with van der Waals surface area (Å²) in [5.41, 5.74) is 4.77. The van der Waals surface area contributed by atoms with Crippen molar-refractivity contribution in [3.63, 3.8) is 0 Å². The van der Waals surface area contributed by atoms with Crippen molar-refractivity contribution >= 4 is 23.2 Å². The molecule has 134 valence electrons. The van der Waals surface area contributed by atoms with Crippen LogP contribution in [0.3, 0.4) is 0 Å². The van der Waals surface area contributed by atoms with E-state index in [0.29, 0.717) is 0 Å². The summed E-state index contributed by atoms with van der Waals surface area (Å²) in [6, 6.07) is 8.05. The third-order valence-corrected chi connectivity index (χ3v) is 5.82. The lowest BCUT2D eigenvalue weighted by Gasteiger charge is -2.26. The monoisotopic (exact) mass is 376 g/mol. The molecule has 0 amide bonds. The van der Waals surface area contributed by atoms with E-state index in [1.807, 2.05) is 30.5 Å². The molecular weight excluding hydrogens is 351 g/mol. The SMILES string of the molecule is CCCCCCCCCc1cnc2c(n1)C(Cl)c1ccccc1C2Cl. The van der Waals surface area contributed by atoms with E-state index in [4.69, 9.17) is 28.2 Å². The number of nitrogens with zero attached hydrogens (tertiary/aromatic N) is 2. The van der Waals surface area contributed by atoms with Crippen molar-refractivity contribution < 1.29 is 0 Å². The van der Waals surface area contributed by atoms with Crippen LogP contribution >= 0.6 is 23.2 Å². The van der Waals surface area contributed by atoms with Gasteiger partial charge < -0.3 is 0 Å². The molecule has 2 nitrogen and oxygen atoms in total. The molecular formula is C21H26Cl2N2. The number of benzene rings is 1. The van der Waals surface area contributed by atoms with Crippen LogP contribution in [-0.2, 0) is 6.42 Å². The number of alkyl halides is 2. The fraction of sp³-hybridized carbons (Fsp3) is 0.524. The minimum atomic E-state index is -0.263. The molecule has 0 bridgehead atoms. The van der Waals surface area contributed by atoms with Crippen LogP contribution in [0.5, 0.6) is 0 Å². The molecule has 0 saturated heterocycles. The van der Waals surface area contributed by atoms with E-state index in [2.05, 4.69) is 11.9 Å². The van der Waals surface area contributed by atoms with Crippen LogP contribution in [0.1, 0.15) is 90.8 Å². The quantitative estimate of drug-likeness (QED) is 0.376. The molecule has 25 heavy (non-hydrogen) atoms. The molecule has 2 unspecified atom stereocenters. The van der Waals surface area contributed by atoms with Crippen LogP contribution in [0, 0.1) is 0 Å². The average molecular weight is 377 g/mol. The van der Waals surface area contributed by atoms with Crippen molar-refractivity contribution in [2.45, 2.75) is 69.0 Å². The molecule has 2 aromatic rings. The molecule has 0 aliphatic heterocycles. The van der Waals surface area contributed by atoms with Gasteiger partial charge in [-0.2, -0.15) is 0 Å². The molecule has 2 atom stereocenters. The van der Waals surface area contributed by atoms with Crippen LogP contribution in [0.4, 0.5) is 0 Å². The van der Waals surface area contributed by atoms with E-state index in [-0.39, 0.29) is 10.8 Å². The summed E-state index contributed by atoms with van der Waals surface area (Å²) in [5, 5.41) is -0.524. The first-order valence-corrected chi connectivity index (χ1v) is 10.3. The average Bonchev–Trinajstić information content (AvgIpc) is 2.65. The fourth-order valence-corrected chi connectivity index (χ4v) is 4.21. The third-order valence-electron chi connectivity index (χ3n) is 4.94. The van der Waals surface area contributed by atoms with Crippen LogP contribution in [-0.4, -0.2) is 9.97 Å². The molecule has 1 aromatic carbocycles. The van der Waals surface area contributed by atoms with E-state index in [1.165, 1.54) is 38.5 Å². The summed E-state index contributed by atoms with van der Waals surface area (Å²) < 4.78 is 0. The molecule has 3 rings (SSSR count). The number of aromatic nitrogens is 2. The Bertz CT molecular complexity index is 702. The highest BCUT2D eigenvalue weighted by atomic mass is 35.5. The van der Waals surface area contributed by atoms with Crippen molar-refractivity contribution in [3.8, 4) is 0 Å². The van der Waals surface area contributed by atoms with E-state index in [9.17, 15) is 0 Å². The lowest BCUT2D eigenvalue weighted by atomic mass is 9.91. The highest BCUT2D eigenvalue weighted by Gasteiger charge is 2.32. The summed E-state index contributed by atoms with van der Waals surface area (Å²) in [6.45, 7) is 2.25. The van der Waals surface area contributed by atoms with E-state index in [0.717, 1.165) is 41.1 Å². The van der Waals surface area contributed by atoms with Gasteiger partial charge in [-0.3, -0.25) is 9.97 Å². The number of fused-ring (bicyclic) bond motifs is 2. The minimum Gasteiger partial charge on any atom is -0.255 e. The summed E-state index contributed by atoms with van der Waals surface area (Å²) in [6.07, 6.45) is 11.9. The topological polar surface area (TPSA) is 25.8 Å². The number of halogens is 2. The summed E-state index contributed by atoms with van der Waals surface area (Å²) in [5.74, 6) is 0. The molecule has 4 heteroatoms. The third kappa shape index (κ3) is 4.35. The van der Waals surface area contributed by atoms with Crippen molar-refractivity contribution in [1.29, 1.82) is 0 Å².